The van der Waals surface area contributed by atoms with E-state index in [-0.39, 0.29) is 7.69 Å². The first-order valence-electron chi connectivity index (χ1n) is 22.4. The van der Waals surface area contributed by atoms with Crippen LogP contribution in [0, 0.1) is 10.5 Å². The molecule has 12 aromatic rings. The molecule has 2 heterocycles. The zero-order valence-electron chi connectivity index (χ0n) is 37.6. The zero-order valence-corrected chi connectivity index (χ0v) is 42.9. The van der Waals surface area contributed by atoms with Gasteiger partial charge in [0.1, 0.15) is 0 Å². The molecule has 0 aliphatic heterocycles. The Morgan fingerprint density at radius 2 is 0.725 bits per heavy atom. The van der Waals surface area contributed by atoms with Gasteiger partial charge in [-0.25, -0.2) is 0 Å². The smallest absolute Gasteiger partial charge is 0.429 e. The van der Waals surface area contributed by atoms with Crippen molar-refractivity contribution in [2.45, 2.75) is 6.92 Å². The van der Waals surface area contributed by atoms with Crippen LogP contribution < -0.4 is 0 Å². The second-order valence-corrected chi connectivity index (χ2v) is 19.4. The molecule has 0 spiro atoms. The maximum atomic E-state index is 7.00. The molecular weight excluding hydrogens is 1090 g/mol. The summed E-state index contributed by atoms with van der Waals surface area (Å²) in [6, 6.07) is 85.9. The van der Waals surface area contributed by atoms with Gasteiger partial charge in [0.15, 0.2) is 0 Å². The molecule has 335 valence electrons. The number of hydrogen-bond acceptors (Lipinski definition) is 2. The molecule has 2 N–H and O–H groups in total. The Balaban J connectivity index is 0.000000136. The third kappa shape index (κ3) is 10.9. The van der Waals surface area contributed by atoms with E-state index in [1.54, 1.807) is 0 Å². The van der Waals surface area contributed by atoms with Crippen LogP contribution in [0.4, 0.5) is 0 Å². The standard InChI is InChI=1S/C30H20BrN.C19H15N.C12H8BrI.BH2O2/c31-25-18-23(21-9-3-1-4-10-21)17-24(19-25)22-15-16-30-28(20-22)27-13-7-8-14-29(27)32(30)26-11-5-2-6-12-26;1-14-11-12-19-17(13-14)16-9-5-6-10-18(16)20(19)15-7-3-2-4-8-15;13-11-6-10(7-12(14)8-11)9-4-2-1-3-5-9;2-1-3/h1-20H;2-13H,1H3;1-8H;2-3H. The minimum Gasteiger partial charge on any atom is -0.429 e. The topological polar surface area (TPSA) is 50.3 Å². The van der Waals surface area contributed by atoms with Gasteiger partial charge in [-0.2, -0.15) is 0 Å². The average Bonchev–Trinajstić information content (AvgIpc) is 3.90. The van der Waals surface area contributed by atoms with Crippen molar-refractivity contribution in [3.63, 3.8) is 0 Å². The number of aryl methyl sites for hydroxylation is 1. The second kappa shape index (κ2) is 22.3. The number of rotatable bonds is 5. The maximum Gasteiger partial charge on any atom is 0.482 e. The van der Waals surface area contributed by atoms with Crippen LogP contribution in [0.3, 0.4) is 0 Å². The van der Waals surface area contributed by atoms with Crippen molar-refractivity contribution in [1.82, 2.24) is 9.13 Å². The molecule has 0 fully saturated rings. The van der Waals surface area contributed by atoms with Crippen molar-refractivity contribution in [2.75, 3.05) is 0 Å². The fraction of sp³-hybridized carbons (Fsp3) is 0.0164. The van der Waals surface area contributed by atoms with Crippen molar-refractivity contribution >= 4 is 106 Å². The summed E-state index contributed by atoms with van der Waals surface area (Å²) >= 11 is 9.56. The van der Waals surface area contributed by atoms with Crippen LogP contribution in [-0.2, 0) is 0 Å². The summed E-state index contributed by atoms with van der Waals surface area (Å²) in [5, 5.41) is 19.2. The Morgan fingerprint density at radius 1 is 0.348 bits per heavy atom. The van der Waals surface area contributed by atoms with Crippen molar-refractivity contribution in [1.29, 1.82) is 0 Å². The molecule has 0 saturated carbocycles. The van der Waals surface area contributed by atoms with E-state index in [1.165, 1.54) is 97.5 Å². The van der Waals surface area contributed by atoms with Gasteiger partial charge in [0.25, 0.3) is 0 Å². The van der Waals surface area contributed by atoms with E-state index in [0.29, 0.717) is 0 Å². The minimum atomic E-state index is 0. The van der Waals surface area contributed by atoms with Gasteiger partial charge in [-0.05, 0) is 160 Å². The molecular formula is C61H45BBr2IN2O2. The van der Waals surface area contributed by atoms with Gasteiger partial charge >= 0.3 is 7.69 Å². The Hall–Kier alpha value is -6.53. The fourth-order valence-electron chi connectivity index (χ4n) is 8.85. The molecule has 0 aliphatic rings. The molecule has 0 aliphatic carbocycles. The molecule has 69 heavy (non-hydrogen) atoms. The summed E-state index contributed by atoms with van der Waals surface area (Å²) in [5.74, 6) is 0. The SMILES string of the molecule is Brc1cc(-c2ccccc2)cc(-c2ccc3c(c2)c2ccccc2n3-c2ccccc2)c1.Brc1cc(I)cc(-c2ccccc2)c1.Cc1ccc2c(c1)c1ccccc1n2-c1ccccc1.O[B]O. The van der Waals surface area contributed by atoms with Crippen LogP contribution >= 0.6 is 54.5 Å². The number of halogens is 3. The molecule has 2 aromatic heterocycles. The van der Waals surface area contributed by atoms with Crippen LogP contribution in [0.25, 0.3) is 88.4 Å². The summed E-state index contributed by atoms with van der Waals surface area (Å²) in [7, 11) is 0. The molecule has 8 heteroatoms. The first-order chi connectivity index (χ1) is 33.8. The minimum absolute atomic E-state index is 0. The fourth-order valence-corrected chi connectivity index (χ4v) is 10.9. The van der Waals surface area contributed by atoms with E-state index < -0.39 is 0 Å². The monoisotopic (exact) mass is 1130 g/mol. The predicted molar refractivity (Wildman–Crippen MR) is 307 cm³/mol. The van der Waals surface area contributed by atoms with Crippen LogP contribution in [0.15, 0.2) is 252 Å². The van der Waals surface area contributed by atoms with E-state index in [1.807, 2.05) is 6.07 Å². The van der Waals surface area contributed by atoms with Crippen LogP contribution in [0.1, 0.15) is 5.56 Å². The number of nitrogens with zero attached hydrogens (tertiary/aromatic N) is 2. The Kier molecular flexibility index (Phi) is 15.3. The summed E-state index contributed by atoms with van der Waals surface area (Å²) in [6.07, 6.45) is 0. The van der Waals surface area contributed by atoms with Gasteiger partial charge in [0, 0.05) is 45.4 Å². The Morgan fingerprint density at radius 3 is 1.22 bits per heavy atom. The van der Waals surface area contributed by atoms with Gasteiger partial charge in [-0.3, -0.25) is 0 Å². The van der Waals surface area contributed by atoms with Crippen molar-refractivity contribution in [3.05, 3.63) is 261 Å². The molecule has 0 unspecified atom stereocenters. The number of fused-ring (bicyclic) bond motifs is 6. The first-order valence-corrected chi connectivity index (χ1v) is 25.1. The normalized spacial score (nSPS) is 10.8. The lowest BCUT2D eigenvalue weighted by Crippen LogP contribution is -1.92. The van der Waals surface area contributed by atoms with E-state index in [4.69, 9.17) is 10.0 Å². The molecule has 10 aromatic carbocycles. The lowest BCUT2D eigenvalue weighted by molar-refractivity contribution is 0.448. The highest BCUT2D eigenvalue weighted by Gasteiger charge is 2.14. The van der Waals surface area contributed by atoms with Gasteiger partial charge in [0.2, 0.25) is 0 Å². The molecule has 1 radical (unpaired) electrons. The zero-order chi connectivity index (χ0) is 47.7. The highest BCUT2D eigenvalue weighted by Crippen LogP contribution is 2.37. The average molecular weight is 1140 g/mol. The molecule has 0 bridgehead atoms. The van der Waals surface area contributed by atoms with Crippen LogP contribution in [0.2, 0.25) is 0 Å². The van der Waals surface area contributed by atoms with Crippen molar-refractivity contribution in [3.8, 4) is 44.8 Å². The quantitative estimate of drug-likeness (QED) is 0.133. The van der Waals surface area contributed by atoms with E-state index >= 15 is 0 Å². The lowest BCUT2D eigenvalue weighted by atomic mass is 9.98. The van der Waals surface area contributed by atoms with Gasteiger partial charge in [0.05, 0.1) is 22.1 Å². The van der Waals surface area contributed by atoms with E-state index in [9.17, 15) is 0 Å². The highest BCUT2D eigenvalue weighted by atomic mass is 127. The highest BCUT2D eigenvalue weighted by molar-refractivity contribution is 14.1. The van der Waals surface area contributed by atoms with Crippen LogP contribution in [0.5, 0.6) is 0 Å². The molecule has 0 saturated heterocycles. The molecule has 0 amide bonds. The Bertz CT molecular complexity index is 3640. The van der Waals surface area contributed by atoms with E-state index in [0.717, 1.165) is 8.95 Å². The summed E-state index contributed by atoms with van der Waals surface area (Å²) in [4.78, 5) is 0. The third-order valence-electron chi connectivity index (χ3n) is 11.8. The lowest BCUT2D eigenvalue weighted by Gasteiger charge is -2.10. The number of benzene rings is 10. The molecule has 4 nitrogen and oxygen atoms in total. The van der Waals surface area contributed by atoms with Gasteiger partial charge in [-0.1, -0.05) is 183 Å². The third-order valence-corrected chi connectivity index (χ3v) is 13.4. The molecule has 12 rings (SSSR count). The predicted octanol–water partition coefficient (Wildman–Crippen LogP) is 17.2. The summed E-state index contributed by atoms with van der Waals surface area (Å²) in [5.41, 5.74) is 16.0. The van der Waals surface area contributed by atoms with Crippen molar-refractivity contribution in [2.24, 2.45) is 0 Å². The van der Waals surface area contributed by atoms with Gasteiger partial charge in [-0.15, -0.1) is 0 Å². The number of para-hydroxylation sites is 4. The second-order valence-electron chi connectivity index (χ2n) is 16.4. The summed E-state index contributed by atoms with van der Waals surface area (Å²) < 4.78 is 8.15. The molecule has 0 atom stereocenters. The van der Waals surface area contributed by atoms with Gasteiger partial charge < -0.3 is 19.2 Å². The maximum absolute atomic E-state index is 7.00. The largest absolute Gasteiger partial charge is 0.482 e. The summed E-state index contributed by atoms with van der Waals surface area (Å²) in [6.45, 7) is 2.15. The first kappa shape index (κ1) is 47.5. The van der Waals surface area contributed by atoms with E-state index in [2.05, 4.69) is 307 Å². The number of hydrogen-bond donors (Lipinski definition) is 2. The van der Waals surface area contributed by atoms with Crippen LogP contribution in [-0.4, -0.2) is 26.9 Å². The number of aromatic nitrogens is 2. The van der Waals surface area contributed by atoms with Crippen molar-refractivity contribution < 1.29 is 10.0 Å². The Labute approximate surface area is 433 Å².